The molecule has 0 saturated heterocycles. The fourth-order valence-corrected chi connectivity index (χ4v) is 4.12. The molecule has 2 aromatic rings. The van der Waals surface area contributed by atoms with E-state index >= 15 is 0 Å². The first kappa shape index (κ1) is 25.0. The number of nitrogens with two attached hydrogens (primary N) is 1. The number of benzene rings is 2. The molecule has 2 unspecified atom stereocenters. The maximum atomic E-state index is 6.61. The van der Waals surface area contributed by atoms with Crippen molar-refractivity contribution in [2.24, 2.45) is 5.73 Å². The van der Waals surface area contributed by atoms with E-state index in [1.807, 2.05) is 36.4 Å². The number of hydrogen-bond acceptors (Lipinski definition) is 4. The summed E-state index contributed by atoms with van der Waals surface area (Å²) in [7, 11) is 0. The van der Waals surface area contributed by atoms with Crippen LogP contribution in [0.15, 0.2) is 48.5 Å². The summed E-state index contributed by atoms with van der Waals surface area (Å²) in [4.78, 5) is 0. The minimum atomic E-state index is 0.227. The van der Waals surface area contributed by atoms with Gasteiger partial charge in [-0.15, -0.1) is 0 Å². The van der Waals surface area contributed by atoms with Gasteiger partial charge in [0.2, 0.25) is 0 Å². The molecule has 0 aromatic heterocycles. The van der Waals surface area contributed by atoms with Crippen molar-refractivity contribution in [1.82, 2.24) is 10.6 Å². The quantitative estimate of drug-likeness (QED) is 0.279. The van der Waals surface area contributed by atoms with Gasteiger partial charge in [-0.05, 0) is 69.2 Å². The van der Waals surface area contributed by atoms with Gasteiger partial charge in [0.25, 0.3) is 0 Å². The highest BCUT2D eigenvalue weighted by molar-refractivity contribution is 6.33. The molecular formula is C24H36Cl2N4. The first-order chi connectivity index (χ1) is 14.7. The van der Waals surface area contributed by atoms with Crippen molar-refractivity contribution < 1.29 is 0 Å². The second kappa shape index (κ2) is 14.7. The normalized spacial score (nSPS) is 13.2. The molecule has 2 aromatic carbocycles. The predicted molar refractivity (Wildman–Crippen MR) is 132 cm³/mol. The lowest BCUT2D eigenvalue weighted by atomic mass is 9.88. The summed E-state index contributed by atoms with van der Waals surface area (Å²) < 4.78 is 0. The molecule has 0 bridgehead atoms. The van der Waals surface area contributed by atoms with E-state index in [1.165, 1.54) is 5.56 Å². The van der Waals surface area contributed by atoms with Gasteiger partial charge >= 0.3 is 0 Å². The lowest BCUT2D eigenvalue weighted by Gasteiger charge is -2.30. The largest absolute Gasteiger partial charge is 0.380 e. The molecule has 166 valence electrons. The minimum absolute atomic E-state index is 0.227. The van der Waals surface area contributed by atoms with E-state index < -0.39 is 0 Å². The lowest BCUT2D eigenvalue weighted by molar-refractivity contribution is 0.480. The first-order valence-corrected chi connectivity index (χ1v) is 11.8. The molecule has 6 heteroatoms. The molecular weight excluding hydrogens is 415 g/mol. The fraction of sp³-hybridized carbons (Fsp3) is 0.500. The lowest BCUT2D eigenvalue weighted by Crippen LogP contribution is -2.36. The standard InChI is InChI=1S/C24H36Cl2N4/c1-2-9-23(30-24-13-6-5-12-22(24)26)20(19-10-3-4-11-21(19)25)18-29-17-8-16-28-15-7-14-27/h3-6,10-13,20,23,28-30H,2,7-9,14-18,27H2,1H3. The van der Waals surface area contributed by atoms with Crippen LogP contribution in [0.3, 0.4) is 0 Å². The van der Waals surface area contributed by atoms with E-state index in [2.05, 4.69) is 35.0 Å². The number of hydrogen-bond donors (Lipinski definition) is 4. The van der Waals surface area contributed by atoms with Crippen LogP contribution in [0.4, 0.5) is 5.69 Å². The highest BCUT2D eigenvalue weighted by atomic mass is 35.5. The molecule has 0 aliphatic carbocycles. The number of halogens is 2. The molecule has 0 heterocycles. The molecule has 0 aliphatic heterocycles. The number of nitrogens with one attached hydrogen (secondary N) is 3. The Morgan fingerprint density at radius 3 is 2.23 bits per heavy atom. The summed E-state index contributed by atoms with van der Waals surface area (Å²) in [6, 6.07) is 16.3. The van der Waals surface area contributed by atoms with Crippen molar-refractivity contribution in [1.29, 1.82) is 0 Å². The maximum absolute atomic E-state index is 6.61. The molecule has 0 radical (unpaired) electrons. The van der Waals surface area contributed by atoms with Crippen LogP contribution in [0.5, 0.6) is 0 Å². The van der Waals surface area contributed by atoms with Crippen LogP contribution in [-0.2, 0) is 0 Å². The molecule has 0 amide bonds. The van der Waals surface area contributed by atoms with Gasteiger partial charge in [0.1, 0.15) is 0 Å². The average molecular weight is 451 g/mol. The maximum Gasteiger partial charge on any atom is 0.0637 e. The van der Waals surface area contributed by atoms with Gasteiger partial charge in [-0.25, -0.2) is 0 Å². The smallest absolute Gasteiger partial charge is 0.0637 e. The summed E-state index contributed by atoms with van der Waals surface area (Å²) >= 11 is 13.0. The second-order valence-electron chi connectivity index (χ2n) is 7.60. The van der Waals surface area contributed by atoms with Crippen LogP contribution in [-0.4, -0.2) is 38.8 Å². The molecule has 0 spiro atoms. The molecule has 4 nitrogen and oxygen atoms in total. The van der Waals surface area contributed by atoms with Gasteiger partial charge in [-0.2, -0.15) is 0 Å². The minimum Gasteiger partial charge on any atom is -0.380 e. The topological polar surface area (TPSA) is 62.1 Å². The third-order valence-electron chi connectivity index (χ3n) is 5.23. The monoisotopic (exact) mass is 450 g/mol. The van der Waals surface area contributed by atoms with Gasteiger partial charge in [0.05, 0.1) is 10.7 Å². The van der Waals surface area contributed by atoms with E-state index in [1.54, 1.807) is 0 Å². The van der Waals surface area contributed by atoms with E-state index in [-0.39, 0.29) is 12.0 Å². The van der Waals surface area contributed by atoms with E-state index in [4.69, 9.17) is 28.9 Å². The zero-order valence-electron chi connectivity index (χ0n) is 18.0. The van der Waals surface area contributed by atoms with Crippen molar-refractivity contribution in [3.05, 3.63) is 64.1 Å². The molecule has 0 aliphatic rings. The van der Waals surface area contributed by atoms with Crippen LogP contribution < -0.4 is 21.7 Å². The molecule has 0 fully saturated rings. The van der Waals surface area contributed by atoms with E-state index in [9.17, 15) is 0 Å². The van der Waals surface area contributed by atoms with Gasteiger partial charge in [0, 0.05) is 23.5 Å². The Labute approximate surface area is 191 Å². The Morgan fingerprint density at radius 2 is 1.53 bits per heavy atom. The Kier molecular flexibility index (Phi) is 12.2. The Morgan fingerprint density at radius 1 is 0.867 bits per heavy atom. The summed E-state index contributed by atoms with van der Waals surface area (Å²) in [5, 5.41) is 12.3. The zero-order chi connectivity index (χ0) is 21.6. The van der Waals surface area contributed by atoms with Crippen molar-refractivity contribution in [3.8, 4) is 0 Å². The van der Waals surface area contributed by atoms with Gasteiger partial charge in [-0.3, -0.25) is 0 Å². The first-order valence-electron chi connectivity index (χ1n) is 11.0. The number of rotatable bonds is 15. The molecule has 5 N–H and O–H groups in total. The summed E-state index contributed by atoms with van der Waals surface area (Å²) in [6.45, 7) is 6.75. The number of anilines is 1. The highest BCUT2D eigenvalue weighted by Gasteiger charge is 2.24. The summed E-state index contributed by atoms with van der Waals surface area (Å²) in [5.41, 5.74) is 7.67. The second-order valence-corrected chi connectivity index (χ2v) is 8.41. The molecule has 0 saturated carbocycles. The third-order valence-corrected chi connectivity index (χ3v) is 5.91. The Balaban J connectivity index is 2.05. The van der Waals surface area contributed by atoms with Gasteiger partial charge < -0.3 is 21.7 Å². The van der Waals surface area contributed by atoms with Crippen LogP contribution in [0.25, 0.3) is 0 Å². The van der Waals surface area contributed by atoms with Crippen molar-refractivity contribution in [2.45, 2.75) is 44.6 Å². The molecule has 2 rings (SSSR count). The number of para-hydroxylation sites is 1. The van der Waals surface area contributed by atoms with Gasteiger partial charge in [0.15, 0.2) is 0 Å². The van der Waals surface area contributed by atoms with E-state index in [0.29, 0.717) is 0 Å². The zero-order valence-corrected chi connectivity index (χ0v) is 19.5. The Hall–Kier alpha value is -1.30. The predicted octanol–water partition coefficient (Wildman–Crippen LogP) is 5.28. The Bertz CT molecular complexity index is 726. The van der Waals surface area contributed by atoms with Crippen LogP contribution in [0, 0.1) is 0 Å². The van der Waals surface area contributed by atoms with E-state index in [0.717, 1.165) is 74.1 Å². The SMILES string of the molecule is CCCC(Nc1ccccc1Cl)C(CNCCCNCCCN)c1ccccc1Cl. The van der Waals surface area contributed by atoms with Gasteiger partial charge in [-0.1, -0.05) is 66.9 Å². The van der Waals surface area contributed by atoms with Crippen molar-refractivity contribution in [2.75, 3.05) is 38.0 Å². The fourth-order valence-electron chi connectivity index (χ4n) is 3.66. The third kappa shape index (κ3) is 8.44. The summed E-state index contributed by atoms with van der Waals surface area (Å²) in [5.74, 6) is 0.236. The van der Waals surface area contributed by atoms with Crippen LogP contribution >= 0.6 is 23.2 Å². The average Bonchev–Trinajstić information content (AvgIpc) is 2.75. The van der Waals surface area contributed by atoms with Crippen LogP contribution in [0.1, 0.15) is 44.1 Å². The highest BCUT2D eigenvalue weighted by Crippen LogP contribution is 2.32. The summed E-state index contributed by atoms with van der Waals surface area (Å²) in [6.07, 6.45) is 4.21. The molecule has 30 heavy (non-hydrogen) atoms. The van der Waals surface area contributed by atoms with Crippen LogP contribution in [0.2, 0.25) is 10.0 Å². The van der Waals surface area contributed by atoms with Crippen molar-refractivity contribution in [3.63, 3.8) is 0 Å². The molecule has 2 atom stereocenters. The van der Waals surface area contributed by atoms with Crippen molar-refractivity contribution >= 4 is 28.9 Å².